The van der Waals surface area contributed by atoms with Crippen LogP contribution in [0.3, 0.4) is 0 Å². The van der Waals surface area contributed by atoms with Crippen molar-refractivity contribution in [2.45, 2.75) is 58.0 Å². The summed E-state index contributed by atoms with van der Waals surface area (Å²) in [5, 5.41) is 13.4. The molecule has 0 spiro atoms. The molecule has 148 valence electrons. The normalized spacial score (nSPS) is 16.5. The summed E-state index contributed by atoms with van der Waals surface area (Å²) in [5.74, 6) is 0.777. The lowest BCUT2D eigenvalue weighted by Crippen LogP contribution is -2.34. The lowest BCUT2D eigenvalue weighted by Gasteiger charge is -2.26. The minimum atomic E-state index is 0.199. The van der Waals surface area contributed by atoms with Crippen LogP contribution in [0.25, 0.3) is 22.2 Å². The molecular formula is C24H31N3O. The van der Waals surface area contributed by atoms with Crippen molar-refractivity contribution < 1.29 is 5.11 Å². The third-order valence-electron chi connectivity index (χ3n) is 6.18. The molecule has 0 aliphatic heterocycles. The van der Waals surface area contributed by atoms with Gasteiger partial charge in [0.05, 0.1) is 24.0 Å². The van der Waals surface area contributed by atoms with Crippen LogP contribution in [0.15, 0.2) is 42.7 Å². The fraction of sp³-hybridized carbons (Fsp3) is 0.458. The maximum absolute atomic E-state index is 9.78. The summed E-state index contributed by atoms with van der Waals surface area (Å²) in [4.78, 5) is 7.51. The molecule has 1 heterocycles. The number of aromatic nitrogens is 2. The van der Waals surface area contributed by atoms with Crippen LogP contribution in [0.2, 0.25) is 0 Å². The third kappa shape index (κ3) is 4.45. The third-order valence-corrected chi connectivity index (χ3v) is 6.18. The van der Waals surface area contributed by atoms with Crippen molar-refractivity contribution in [1.29, 1.82) is 0 Å². The number of aryl methyl sites for hydroxylation is 1. The number of benzene rings is 2. The van der Waals surface area contributed by atoms with E-state index in [-0.39, 0.29) is 12.6 Å². The summed E-state index contributed by atoms with van der Waals surface area (Å²) in [6, 6.07) is 13.2. The Kier molecular flexibility index (Phi) is 6.08. The summed E-state index contributed by atoms with van der Waals surface area (Å²) in [6.45, 7) is 3.19. The Morgan fingerprint density at radius 3 is 2.79 bits per heavy atom. The van der Waals surface area contributed by atoms with Gasteiger partial charge >= 0.3 is 0 Å². The first-order chi connectivity index (χ1) is 13.7. The fourth-order valence-corrected chi connectivity index (χ4v) is 4.57. The zero-order chi connectivity index (χ0) is 19.3. The molecule has 4 nitrogen and oxygen atoms in total. The van der Waals surface area contributed by atoms with Gasteiger partial charge in [-0.05, 0) is 53.6 Å². The topological polar surface area (TPSA) is 60.9 Å². The van der Waals surface area contributed by atoms with E-state index in [2.05, 4.69) is 58.6 Å². The minimum Gasteiger partial charge on any atom is -0.395 e. The summed E-state index contributed by atoms with van der Waals surface area (Å²) in [6.07, 6.45) is 9.57. The number of rotatable bonds is 7. The second kappa shape index (κ2) is 8.89. The van der Waals surface area contributed by atoms with Gasteiger partial charge in [-0.3, -0.25) is 0 Å². The first-order valence-corrected chi connectivity index (χ1v) is 10.6. The molecule has 28 heavy (non-hydrogen) atoms. The average Bonchev–Trinajstić information content (AvgIpc) is 3.20. The number of hydrogen-bond donors (Lipinski definition) is 3. The van der Waals surface area contributed by atoms with Crippen molar-refractivity contribution in [3.8, 4) is 11.1 Å². The Balaban J connectivity index is 1.40. The molecule has 1 atom stereocenters. The monoisotopic (exact) mass is 377 g/mol. The number of aliphatic hydroxyl groups is 1. The van der Waals surface area contributed by atoms with E-state index in [4.69, 9.17) is 0 Å². The zero-order valence-electron chi connectivity index (χ0n) is 16.7. The summed E-state index contributed by atoms with van der Waals surface area (Å²) in [5.41, 5.74) is 7.04. The van der Waals surface area contributed by atoms with Crippen molar-refractivity contribution in [3.63, 3.8) is 0 Å². The van der Waals surface area contributed by atoms with Gasteiger partial charge in [0.25, 0.3) is 0 Å². The Hall–Kier alpha value is -2.17. The van der Waals surface area contributed by atoms with Gasteiger partial charge in [-0.15, -0.1) is 0 Å². The van der Waals surface area contributed by atoms with E-state index >= 15 is 0 Å². The molecule has 4 rings (SSSR count). The average molecular weight is 378 g/mol. The summed E-state index contributed by atoms with van der Waals surface area (Å²) >= 11 is 0. The number of hydrogen-bond acceptors (Lipinski definition) is 3. The number of H-pyrrole nitrogens is 1. The minimum absolute atomic E-state index is 0.199. The van der Waals surface area contributed by atoms with Crippen LogP contribution in [-0.2, 0) is 6.54 Å². The molecule has 0 amide bonds. The molecule has 0 unspecified atom stereocenters. The molecule has 1 aliphatic carbocycles. The molecule has 2 aromatic carbocycles. The maximum atomic E-state index is 9.78. The van der Waals surface area contributed by atoms with Crippen LogP contribution >= 0.6 is 0 Å². The predicted molar refractivity (Wildman–Crippen MR) is 115 cm³/mol. The first-order valence-electron chi connectivity index (χ1n) is 10.6. The van der Waals surface area contributed by atoms with Gasteiger partial charge in [0.15, 0.2) is 0 Å². The number of nitrogens with zero attached hydrogens (tertiary/aromatic N) is 1. The molecule has 4 heteroatoms. The maximum Gasteiger partial charge on any atom is 0.0931 e. The van der Waals surface area contributed by atoms with Crippen LogP contribution in [-0.4, -0.2) is 27.7 Å². The van der Waals surface area contributed by atoms with Crippen LogP contribution in [0.1, 0.15) is 49.7 Å². The van der Waals surface area contributed by atoms with E-state index in [9.17, 15) is 5.11 Å². The molecule has 1 fully saturated rings. The Morgan fingerprint density at radius 1 is 1.14 bits per heavy atom. The quantitative estimate of drug-likeness (QED) is 0.545. The highest BCUT2D eigenvalue weighted by Gasteiger charge is 2.18. The fourth-order valence-electron chi connectivity index (χ4n) is 4.57. The van der Waals surface area contributed by atoms with Gasteiger partial charge < -0.3 is 15.4 Å². The van der Waals surface area contributed by atoms with Crippen molar-refractivity contribution in [3.05, 3.63) is 53.9 Å². The van der Waals surface area contributed by atoms with E-state index in [1.165, 1.54) is 54.4 Å². The SMILES string of the molecule is Cc1cc(CN[C@H](CO)CC2CCCCC2)ccc1-c1ccc2[nH]cnc2c1. The van der Waals surface area contributed by atoms with Crippen LogP contribution in [0.4, 0.5) is 0 Å². The Labute approximate surface area is 167 Å². The molecule has 1 saturated carbocycles. The van der Waals surface area contributed by atoms with Crippen molar-refractivity contribution in [2.24, 2.45) is 5.92 Å². The van der Waals surface area contributed by atoms with Gasteiger partial charge in [-0.1, -0.05) is 56.4 Å². The number of aliphatic hydroxyl groups excluding tert-OH is 1. The Morgan fingerprint density at radius 2 is 2.00 bits per heavy atom. The number of aromatic amines is 1. The molecule has 0 radical (unpaired) electrons. The van der Waals surface area contributed by atoms with E-state index < -0.39 is 0 Å². The second-order valence-corrected chi connectivity index (χ2v) is 8.28. The van der Waals surface area contributed by atoms with Crippen LogP contribution < -0.4 is 5.32 Å². The zero-order valence-corrected chi connectivity index (χ0v) is 16.7. The van der Waals surface area contributed by atoms with Crippen molar-refractivity contribution >= 4 is 11.0 Å². The smallest absolute Gasteiger partial charge is 0.0931 e. The van der Waals surface area contributed by atoms with Gasteiger partial charge in [0.2, 0.25) is 0 Å². The highest BCUT2D eigenvalue weighted by Crippen LogP contribution is 2.28. The first kappa shape index (κ1) is 19.2. The van der Waals surface area contributed by atoms with Gasteiger partial charge in [0, 0.05) is 12.6 Å². The molecule has 0 saturated heterocycles. The van der Waals surface area contributed by atoms with Crippen molar-refractivity contribution in [1.82, 2.24) is 15.3 Å². The van der Waals surface area contributed by atoms with E-state index in [1.54, 1.807) is 6.33 Å². The van der Waals surface area contributed by atoms with E-state index in [0.717, 1.165) is 29.9 Å². The lowest BCUT2D eigenvalue weighted by molar-refractivity contribution is 0.203. The molecule has 0 bridgehead atoms. The van der Waals surface area contributed by atoms with Gasteiger partial charge in [0.1, 0.15) is 0 Å². The van der Waals surface area contributed by atoms with Crippen molar-refractivity contribution in [2.75, 3.05) is 6.61 Å². The molecule has 1 aromatic heterocycles. The highest BCUT2D eigenvalue weighted by molar-refractivity contribution is 5.82. The lowest BCUT2D eigenvalue weighted by atomic mass is 9.85. The van der Waals surface area contributed by atoms with Gasteiger partial charge in [-0.2, -0.15) is 0 Å². The van der Waals surface area contributed by atoms with E-state index in [1.807, 2.05) is 0 Å². The molecule has 3 N–H and O–H groups in total. The second-order valence-electron chi connectivity index (χ2n) is 8.28. The highest BCUT2D eigenvalue weighted by atomic mass is 16.3. The standard InChI is InChI=1S/C24H31N3O/c1-17-11-19(14-25-21(15-28)12-18-5-3-2-4-6-18)7-9-22(17)20-8-10-23-24(13-20)27-16-26-23/h7-11,13,16,18,21,25,28H,2-6,12,14-15H2,1H3,(H,26,27)/t21-/m0/s1. The largest absolute Gasteiger partial charge is 0.395 e. The molecular weight excluding hydrogens is 346 g/mol. The summed E-state index contributed by atoms with van der Waals surface area (Å²) < 4.78 is 0. The number of nitrogens with one attached hydrogen (secondary N) is 2. The number of imidazole rings is 1. The Bertz CT molecular complexity index is 911. The van der Waals surface area contributed by atoms with Crippen LogP contribution in [0, 0.1) is 12.8 Å². The van der Waals surface area contributed by atoms with Crippen LogP contribution in [0.5, 0.6) is 0 Å². The summed E-state index contributed by atoms with van der Waals surface area (Å²) in [7, 11) is 0. The predicted octanol–water partition coefficient (Wildman–Crippen LogP) is 4.96. The molecule has 3 aromatic rings. The number of fused-ring (bicyclic) bond motifs is 1. The van der Waals surface area contributed by atoms with E-state index in [0.29, 0.717) is 0 Å². The van der Waals surface area contributed by atoms with Gasteiger partial charge in [-0.25, -0.2) is 4.98 Å². The molecule has 1 aliphatic rings.